The van der Waals surface area contributed by atoms with Crippen molar-refractivity contribution in [2.45, 2.75) is 0 Å². The molecule has 0 aromatic heterocycles. The zero-order valence-electron chi connectivity index (χ0n) is 33.7. The summed E-state index contributed by atoms with van der Waals surface area (Å²) < 4.78 is 0. The second kappa shape index (κ2) is 12.9. The van der Waals surface area contributed by atoms with E-state index in [2.05, 4.69) is 196 Å². The van der Waals surface area contributed by atoms with E-state index >= 15 is 0 Å². The zero-order valence-corrected chi connectivity index (χ0v) is 33.7. The fourth-order valence-electron chi connectivity index (χ4n) is 10.1. The molecule has 10 rings (SSSR count). The Hall–Kier alpha value is -5.72. The van der Waals surface area contributed by atoms with E-state index in [9.17, 15) is 0 Å². The van der Waals surface area contributed by atoms with Crippen LogP contribution in [0.5, 0.6) is 0 Å². The lowest BCUT2D eigenvalue weighted by Gasteiger charge is -2.29. The minimum Gasteiger partial charge on any atom is -0.101 e. The Bertz CT molecular complexity index is 3250. The van der Waals surface area contributed by atoms with Crippen LogP contribution in [-0.2, 0) is 0 Å². The highest BCUT2D eigenvalue weighted by molar-refractivity contribution is 6.71. The van der Waals surface area contributed by atoms with Gasteiger partial charge >= 0.3 is 0 Å². The normalized spacial score (nSPS) is 11.8. The van der Waals surface area contributed by atoms with Crippen LogP contribution < -0.4 is 43.7 Å². The monoisotopic (exact) mass is 702 g/mol. The molecule has 0 unspecified atom stereocenters. The SMILES string of the molecule is Bc1c(B)c(B)c2c(-c3cc4ccc5ccccc5c4c4ccccc34)c3c(B)c(B)c(B)c(B)c3c(-c3ccc(-c4ccccc4)c4ccccc34)c2c1B. The third-order valence-electron chi connectivity index (χ3n) is 13.7. The minimum atomic E-state index is 1.24. The third-order valence-corrected chi connectivity index (χ3v) is 13.7. The van der Waals surface area contributed by atoms with E-state index in [1.807, 2.05) is 0 Å². The summed E-state index contributed by atoms with van der Waals surface area (Å²) in [6, 6.07) is 49.8. The Balaban J connectivity index is 1.48. The summed E-state index contributed by atoms with van der Waals surface area (Å²) in [4.78, 5) is 0. The Kier molecular flexibility index (Phi) is 8.02. The highest BCUT2D eigenvalue weighted by Gasteiger charge is 2.27. The Labute approximate surface area is 336 Å². The first-order valence-electron chi connectivity index (χ1n) is 20.0. The second-order valence-electron chi connectivity index (χ2n) is 16.2. The molecule has 0 atom stereocenters. The van der Waals surface area contributed by atoms with E-state index in [1.54, 1.807) is 0 Å². The van der Waals surface area contributed by atoms with Crippen LogP contribution in [0.3, 0.4) is 0 Å². The van der Waals surface area contributed by atoms with E-state index in [0.29, 0.717) is 0 Å². The van der Waals surface area contributed by atoms with E-state index in [4.69, 9.17) is 0 Å². The Morgan fingerprint density at radius 2 is 0.643 bits per heavy atom. The summed E-state index contributed by atoms with van der Waals surface area (Å²) in [5.74, 6) is 0. The lowest BCUT2D eigenvalue weighted by Crippen LogP contribution is -2.50. The van der Waals surface area contributed by atoms with Crippen molar-refractivity contribution in [3.05, 3.63) is 133 Å². The molecular weight excluding hydrogens is 663 g/mol. The van der Waals surface area contributed by atoms with Crippen LogP contribution in [-0.4, -0.2) is 62.8 Å². The van der Waals surface area contributed by atoms with E-state index < -0.39 is 0 Å². The second-order valence-corrected chi connectivity index (χ2v) is 16.2. The molecule has 0 aliphatic rings. The summed E-state index contributed by atoms with van der Waals surface area (Å²) in [5, 5.41) is 15.9. The van der Waals surface area contributed by atoms with Gasteiger partial charge in [0.05, 0.1) is 0 Å². The third kappa shape index (κ3) is 4.84. The van der Waals surface area contributed by atoms with Gasteiger partial charge in [0.2, 0.25) is 0 Å². The van der Waals surface area contributed by atoms with Gasteiger partial charge in [-0.15, -0.1) is 21.9 Å². The van der Waals surface area contributed by atoms with Crippen molar-refractivity contribution < 1.29 is 0 Å². The number of benzene rings is 10. The van der Waals surface area contributed by atoms with Gasteiger partial charge in [0, 0.05) is 0 Å². The van der Waals surface area contributed by atoms with E-state index in [0.717, 1.165) is 0 Å². The van der Waals surface area contributed by atoms with Gasteiger partial charge in [0.1, 0.15) is 62.8 Å². The largest absolute Gasteiger partial charge is 0.139 e. The van der Waals surface area contributed by atoms with Crippen LogP contribution >= 0.6 is 0 Å². The highest BCUT2D eigenvalue weighted by atomic mass is 14.3. The van der Waals surface area contributed by atoms with Gasteiger partial charge in [-0.2, -0.15) is 0 Å². The van der Waals surface area contributed by atoms with Gasteiger partial charge in [-0.1, -0.05) is 149 Å². The first-order chi connectivity index (χ1) is 27.2. The van der Waals surface area contributed by atoms with Crippen molar-refractivity contribution in [2.24, 2.45) is 0 Å². The average molecular weight is 701 g/mol. The highest BCUT2D eigenvalue weighted by Crippen LogP contribution is 2.47. The maximum atomic E-state index is 2.51. The molecule has 0 heterocycles. The molecule has 0 aliphatic carbocycles. The lowest BCUT2D eigenvalue weighted by molar-refractivity contribution is 1.65. The quantitative estimate of drug-likeness (QED) is 0.135. The zero-order chi connectivity index (χ0) is 38.6. The lowest BCUT2D eigenvalue weighted by atomic mass is 9.59. The first-order valence-corrected chi connectivity index (χ1v) is 20.0. The molecule has 0 amide bonds. The van der Waals surface area contributed by atoms with Gasteiger partial charge in [0.15, 0.2) is 0 Å². The van der Waals surface area contributed by atoms with Crippen molar-refractivity contribution in [2.75, 3.05) is 0 Å². The predicted octanol–water partition coefficient (Wildman–Crippen LogP) is -0.326. The topological polar surface area (TPSA) is 0 Å². The van der Waals surface area contributed by atoms with E-state index in [1.165, 1.54) is 142 Å². The summed E-state index contributed by atoms with van der Waals surface area (Å²) in [6.45, 7) is 0. The Morgan fingerprint density at radius 3 is 1.20 bits per heavy atom. The number of hydrogen-bond donors (Lipinski definition) is 0. The van der Waals surface area contributed by atoms with Gasteiger partial charge in [-0.05, 0) is 104 Å². The molecule has 0 fully saturated rings. The fraction of sp³-hybridized carbons (Fsp3) is 0. The van der Waals surface area contributed by atoms with Crippen molar-refractivity contribution in [3.63, 3.8) is 0 Å². The molecule has 0 saturated heterocycles. The Morgan fingerprint density at radius 1 is 0.250 bits per heavy atom. The molecule has 8 heteroatoms. The predicted molar refractivity (Wildman–Crippen MR) is 273 cm³/mol. The summed E-state index contributed by atoms with van der Waals surface area (Å²) in [7, 11) is 18.8. The molecule has 10 aromatic carbocycles. The average Bonchev–Trinajstić information content (AvgIpc) is 3.24. The van der Waals surface area contributed by atoms with Crippen molar-refractivity contribution in [1.82, 2.24) is 0 Å². The van der Waals surface area contributed by atoms with Crippen LogP contribution in [0, 0.1) is 0 Å². The molecule has 0 nitrogen and oxygen atoms in total. The summed E-state index contributed by atoms with van der Waals surface area (Å²) >= 11 is 0. The van der Waals surface area contributed by atoms with Crippen LogP contribution in [0.15, 0.2) is 133 Å². The van der Waals surface area contributed by atoms with Gasteiger partial charge in [-0.3, -0.25) is 0 Å². The smallest absolute Gasteiger partial charge is 0.101 e. The molecule has 0 bridgehead atoms. The van der Waals surface area contributed by atoms with Crippen LogP contribution in [0.1, 0.15) is 0 Å². The summed E-state index contributed by atoms with van der Waals surface area (Å²) in [6.07, 6.45) is 0. The van der Waals surface area contributed by atoms with Gasteiger partial charge < -0.3 is 0 Å². The molecule has 0 spiro atoms. The molecule has 56 heavy (non-hydrogen) atoms. The van der Waals surface area contributed by atoms with Crippen LogP contribution in [0.25, 0.3) is 98.0 Å². The molecule has 0 aliphatic heterocycles. The van der Waals surface area contributed by atoms with Gasteiger partial charge in [-0.25, -0.2) is 0 Å². The maximum Gasteiger partial charge on any atom is 0.139 e. The van der Waals surface area contributed by atoms with Gasteiger partial charge in [0.25, 0.3) is 0 Å². The molecule has 0 saturated carbocycles. The number of rotatable bonds is 3. The van der Waals surface area contributed by atoms with E-state index in [-0.39, 0.29) is 0 Å². The molecular formula is C48H38B8. The number of hydrogen-bond acceptors (Lipinski definition) is 0. The molecule has 0 N–H and O–H groups in total. The van der Waals surface area contributed by atoms with Crippen molar-refractivity contribution >= 4 is 171 Å². The maximum absolute atomic E-state index is 2.51. The fourth-order valence-corrected chi connectivity index (χ4v) is 10.1. The minimum absolute atomic E-state index is 1.24. The van der Waals surface area contributed by atoms with Crippen molar-refractivity contribution in [1.29, 1.82) is 0 Å². The first kappa shape index (κ1) is 34.7. The standard InChI is InChI=1S/C48H38B8/c49-41-37-35(32-21-20-26(23-10-2-1-3-11-23)28-14-6-7-15-29(28)32)38-40(44(52)48(56)46(54)42(38)50)36(39(37)43(51)47(55)45(41)53)33-22-25-19-18-24-12-4-5-13-27(24)34(25)31-17-9-8-16-30(31)33/h1-22H,49-56H2. The summed E-state index contributed by atoms with van der Waals surface area (Å²) in [5.41, 5.74) is 18.8. The number of fused-ring (bicyclic) bond motifs is 8. The molecule has 0 radical (unpaired) electrons. The van der Waals surface area contributed by atoms with Crippen LogP contribution in [0.4, 0.5) is 0 Å². The van der Waals surface area contributed by atoms with Crippen LogP contribution in [0.2, 0.25) is 0 Å². The molecule has 10 aromatic rings. The van der Waals surface area contributed by atoms with Crippen molar-refractivity contribution in [3.8, 4) is 33.4 Å². The molecule has 254 valence electrons.